The molecular weight excluding hydrogens is 408 g/mol. The molecule has 2 aliphatic rings. The average Bonchev–Trinajstić information content (AvgIpc) is 3.51. The van der Waals surface area contributed by atoms with Crippen molar-refractivity contribution >= 4 is 23.2 Å². The molecule has 0 saturated heterocycles. The monoisotopic (exact) mass is 440 g/mol. The summed E-state index contributed by atoms with van der Waals surface area (Å²) in [5.41, 5.74) is 1.18. The maximum Gasteiger partial charge on any atom is 0.242 e. The Morgan fingerprint density at radius 2 is 1.97 bits per heavy atom. The molecule has 1 unspecified atom stereocenters. The van der Waals surface area contributed by atoms with Crippen molar-refractivity contribution in [3.8, 4) is 5.75 Å². The van der Waals surface area contributed by atoms with Gasteiger partial charge in [0.05, 0.1) is 12.6 Å². The zero-order chi connectivity index (χ0) is 21.8. The van der Waals surface area contributed by atoms with E-state index in [0.717, 1.165) is 31.4 Å². The van der Waals surface area contributed by atoms with Crippen molar-refractivity contribution in [2.75, 3.05) is 26.2 Å². The van der Waals surface area contributed by atoms with Crippen LogP contribution in [0.25, 0.3) is 0 Å². The second-order valence-corrected chi connectivity index (χ2v) is 9.99. The number of para-hydroxylation sites is 1. The molecule has 1 atom stereocenters. The number of ether oxygens (including phenoxy) is 1. The van der Waals surface area contributed by atoms with Gasteiger partial charge in [0.1, 0.15) is 12.4 Å². The summed E-state index contributed by atoms with van der Waals surface area (Å²) in [5.74, 6) is 1.61. The summed E-state index contributed by atoms with van der Waals surface area (Å²) < 4.78 is 6.06. The second kappa shape index (κ2) is 9.86. The third-order valence-corrected chi connectivity index (χ3v) is 7.10. The van der Waals surface area contributed by atoms with Gasteiger partial charge in [0.25, 0.3) is 0 Å². The highest BCUT2D eigenvalue weighted by atomic mass is 32.1. The standard InChI is InChI=1S/C25H32N2O3S/c1-18(2)10-13-26(25(29)19-8-9-19)16-24(28)27-14-11-23-21(12-15-31-23)22(27)17-30-20-6-4-3-5-7-20/h3-7,12,15,18-19,22H,8-11,13-14,16-17H2,1-2H3. The van der Waals surface area contributed by atoms with E-state index >= 15 is 0 Å². The predicted octanol–water partition coefficient (Wildman–Crippen LogP) is 4.54. The molecule has 2 amide bonds. The Bertz CT molecular complexity index is 891. The molecule has 2 heterocycles. The lowest BCUT2D eigenvalue weighted by molar-refractivity contribution is -0.143. The van der Waals surface area contributed by atoms with Crippen LogP contribution in [0.3, 0.4) is 0 Å². The van der Waals surface area contributed by atoms with Gasteiger partial charge in [-0.2, -0.15) is 0 Å². The molecule has 4 rings (SSSR count). The molecule has 1 aliphatic carbocycles. The largest absolute Gasteiger partial charge is 0.491 e. The summed E-state index contributed by atoms with van der Waals surface area (Å²) in [6.07, 6.45) is 3.70. The van der Waals surface area contributed by atoms with E-state index in [-0.39, 0.29) is 30.3 Å². The summed E-state index contributed by atoms with van der Waals surface area (Å²) in [7, 11) is 0. The molecule has 2 aromatic rings. The Morgan fingerprint density at radius 3 is 2.68 bits per heavy atom. The van der Waals surface area contributed by atoms with Gasteiger partial charge in [0.2, 0.25) is 11.8 Å². The van der Waals surface area contributed by atoms with Crippen LogP contribution in [0.1, 0.15) is 49.6 Å². The summed E-state index contributed by atoms with van der Waals surface area (Å²) in [6, 6.07) is 11.7. The number of thiophene rings is 1. The number of carbonyl (C=O) groups is 2. The number of carbonyl (C=O) groups excluding carboxylic acids is 2. The highest BCUT2D eigenvalue weighted by molar-refractivity contribution is 7.10. The van der Waals surface area contributed by atoms with Gasteiger partial charge < -0.3 is 14.5 Å². The number of rotatable bonds is 9. The summed E-state index contributed by atoms with van der Waals surface area (Å²) >= 11 is 1.75. The van der Waals surface area contributed by atoms with Crippen molar-refractivity contribution in [2.45, 2.75) is 45.6 Å². The molecule has 1 fully saturated rings. The van der Waals surface area contributed by atoms with Gasteiger partial charge in [-0.15, -0.1) is 11.3 Å². The normalized spacial score (nSPS) is 18.0. The topological polar surface area (TPSA) is 49.9 Å². The van der Waals surface area contributed by atoms with Crippen LogP contribution in [0, 0.1) is 11.8 Å². The molecule has 31 heavy (non-hydrogen) atoms. The van der Waals surface area contributed by atoms with Gasteiger partial charge in [-0.3, -0.25) is 9.59 Å². The Labute approximate surface area is 189 Å². The molecule has 1 aliphatic heterocycles. The van der Waals surface area contributed by atoms with Crippen molar-refractivity contribution in [1.82, 2.24) is 9.80 Å². The maximum absolute atomic E-state index is 13.4. The summed E-state index contributed by atoms with van der Waals surface area (Å²) in [5, 5.41) is 2.10. The predicted molar refractivity (Wildman–Crippen MR) is 123 cm³/mol. The maximum atomic E-state index is 13.4. The molecule has 1 aromatic heterocycles. The molecular formula is C25H32N2O3S. The van der Waals surface area contributed by atoms with Crippen LogP contribution in [-0.4, -0.2) is 47.9 Å². The molecule has 1 aromatic carbocycles. The summed E-state index contributed by atoms with van der Waals surface area (Å²) in [4.78, 5) is 31.3. The lowest BCUT2D eigenvalue weighted by Gasteiger charge is -2.37. The van der Waals surface area contributed by atoms with E-state index in [9.17, 15) is 9.59 Å². The third kappa shape index (κ3) is 5.48. The SMILES string of the molecule is CC(C)CCN(CC(=O)N1CCc2sccc2C1COc1ccccc1)C(=O)C1CC1. The van der Waals surface area contributed by atoms with E-state index in [1.165, 1.54) is 10.4 Å². The molecule has 0 spiro atoms. The molecule has 0 N–H and O–H groups in total. The minimum absolute atomic E-state index is 0.0243. The van der Waals surface area contributed by atoms with Crippen LogP contribution in [0.5, 0.6) is 5.75 Å². The Kier molecular flexibility index (Phi) is 6.96. The first-order valence-electron chi connectivity index (χ1n) is 11.3. The molecule has 1 saturated carbocycles. The molecule has 6 heteroatoms. The van der Waals surface area contributed by atoms with Crippen LogP contribution in [0.4, 0.5) is 0 Å². The fraction of sp³-hybridized carbons (Fsp3) is 0.520. The van der Waals surface area contributed by atoms with Gasteiger partial charge in [-0.25, -0.2) is 0 Å². The van der Waals surface area contributed by atoms with Crippen LogP contribution in [0.2, 0.25) is 0 Å². The second-order valence-electron chi connectivity index (χ2n) is 8.99. The lowest BCUT2D eigenvalue weighted by atomic mass is 10.00. The molecule has 5 nitrogen and oxygen atoms in total. The highest BCUT2D eigenvalue weighted by Gasteiger charge is 2.37. The van der Waals surface area contributed by atoms with Crippen LogP contribution < -0.4 is 4.74 Å². The number of hydrogen-bond donors (Lipinski definition) is 0. The highest BCUT2D eigenvalue weighted by Crippen LogP contribution is 2.35. The fourth-order valence-electron chi connectivity index (χ4n) is 4.09. The van der Waals surface area contributed by atoms with Gasteiger partial charge in [-0.05, 0) is 60.7 Å². The first-order chi connectivity index (χ1) is 15.0. The van der Waals surface area contributed by atoms with E-state index in [1.54, 1.807) is 16.2 Å². The van der Waals surface area contributed by atoms with Crippen LogP contribution in [-0.2, 0) is 16.0 Å². The van der Waals surface area contributed by atoms with Gasteiger partial charge in [-0.1, -0.05) is 32.0 Å². The summed E-state index contributed by atoms with van der Waals surface area (Å²) in [6.45, 7) is 6.22. The quantitative estimate of drug-likeness (QED) is 0.575. The van der Waals surface area contributed by atoms with Crippen LogP contribution in [0.15, 0.2) is 41.8 Å². The van der Waals surface area contributed by atoms with Crippen LogP contribution >= 0.6 is 11.3 Å². The number of nitrogens with zero attached hydrogens (tertiary/aromatic N) is 2. The zero-order valence-corrected chi connectivity index (χ0v) is 19.3. The van der Waals surface area contributed by atoms with E-state index in [2.05, 4.69) is 25.3 Å². The number of fused-ring (bicyclic) bond motifs is 1. The number of benzene rings is 1. The van der Waals surface area contributed by atoms with Crippen molar-refractivity contribution in [1.29, 1.82) is 0 Å². The average molecular weight is 441 g/mol. The Morgan fingerprint density at radius 1 is 1.19 bits per heavy atom. The van der Waals surface area contributed by atoms with Crippen molar-refractivity contribution in [3.63, 3.8) is 0 Å². The van der Waals surface area contributed by atoms with E-state index in [4.69, 9.17) is 4.74 Å². The Balaban J connectivity index is 1.48. The van der Waals surface area contributed by atoms with Crippen molar-refractivity contribution < 1.29 is 14.3 Å². The first-order valence-corrected chi connectivity index (χ1v) is 12.2. The van der Waals surface area contributed by atoms with E-state index in [0.29, 0.717) is 25.6 Å². The molecule has 0 radical (unpaired) electrons. The minimum Gasteiger partial charge on any atom is -0.491 e. The smallest absolute Gasteiger partial charge is 0.242 e. The minimum atomic E-state index is -0.120. The van der Waals surface area contributed by atoms with Crippen molar-refractivity contribution in [2.24, 2.45) is 11.8 Å². The van der Waals surface area contributed by atoms with Gasteiger partial charge in [0.15, 0.2) is 0 Å². The number of hydrogen-bond acceptors (Lipinski definition) is 4. The Hall–Kier alpha value is -2.34. The lowest BCUT2D eigenvalue weighted by Crippen LogP contribution is -2.48. The van der Waals surface area contributed by atoms with E-state index in [1.807, 2.05) is 35.2 Å². The zero-order valence-electron chi connectivity index (χ0n) is 18.5. The molecule has 0 bridgehead atoms. The first kappa shape index (κ1) is 21.9. The fourth-order valence-corrected chi connectivity index (χ4v) is 5.02. The molecule has 166 valence electrons. The van der Waals surface area contributed by atoms with Gasteiger partial charge in [0, 0.05) is 23.9 Å². The van der Waals surface area contributed by atoms with Gasteiger partial charge >= 0.3 is 0 Å². The van der Waals surface area contributed by atoms with E-state index < -0.39 is 0 Å². The van der Waals surface area contributed by atoms with Crippen molar-refractivity contribution in [3.05, 3.63) is 52.2 Å². The number of amides is 2. The third-order valence-electron chi connectivity index (χ3n) is 6.11.